The summed E-state index contributed by atoms with van der Waals surface area (Å²) in [4.78, 5) is 32.0. The Balaban J connectivity index is 1.32. The van der Waals surface area contributed by atoms with Gasteiger partial charge < -0.3 is 9.64 Å². The van der Waals surface area contributed by atoms with E-state index < -0.39 is 0 Å². The molecule has 0 N–H and O–H groups in total. The molecule has 3 aromatic carbocycles. The number of rotatable bonds is 10. The standard InChI is InChI=1S/C33H35N3O3S/c1-2-39-32(38)27-20-22-35(23-21-27)29(37)19-12-24-40-33-34-30(25-13-6-3-7-14-25)31(26-15-8-4-9-16-26)36(33)28-17-10-5-11-18-28/h3-11,13-18,27H,2,12,19-24H2,1H3. The lowest BCUT2D eigenvalue weighted by Gasteiger charge is -2.31. The van der Waals surface area contributed by atoms with Crippen molar-refractivity contribution in [3.63, 3.8) is 0 Å². The molecule has 0 atom stereocenters. The van der Waals surface area contributed by atoms with Gasteiger partial charge in [0.2, 0.25) is 5.91 Å². The first-order chi connectivity index (χ1) is 19.7. The minimum atomic E-state index is -0.135. The van der Waals surface area contributed by atoms with Gasteiger partial charge in [-0.25, -0.2) is 4.98 Å². The second kappa shape index (κ2) is 13.5. The van der Waals surface area contributed by atoms with E-state index in [9.17, 15) is 9.59 Å². The van der Waals surface area contributed by atoms with E-state index in [0.717, 1.165) is 45.5 Å². The SMILES string of the molecule is CCOC(=O)C1CCN(C(=O)CCCSc2nc(-c3ccccc3)c(-c3ccccc3)n2-c2ccccc2)CC1. The van der Waals surface area contributed by atoms with Crippen molar-refractivity contribution in [3.05, 3.63) is 91.0 Å². The molecule has 0 saturated carbocycles. The second-order valence-electron chi connectivity index (χ2n) is 9.85. The Labute approximate surface area is 240 Å². The highest BCUT2D eigenvalue weighted by molar-refractivity contribution is 7.99. The third-order valence-corrected chi connectivity index (χ3v) is 8.21. The van der Waals surface area contributed by atoms with Crippen LogP contribution in [0.2, 0.25) is 0 Å². The van der Waals surface area contributed by atoms with Gasteiger partial charge in [0.05, 0.1) is 23.9 Å². The molecule has 1 saturated heterocycles. The highest BCUT2D eigenvalue weighted by atomic mass is 32.2. The van der Waals surface area contributed by atoms with Crippen LogP contribution in [-0.2, 0) is 14.3 Å². The number of carbonyl (C=O) groups excluding carboxylic acids is 2. The van der Waals surface area contributed by atoms with Crippen molar-refractivity contribution in [1.82, 2.24) is 14.5 Å². The molecular formula is C33H35N3O3S. The number of piperidine rings is 1. The van der Waals surface area contributed by atoms with Crippen LogP contribution in [0, 0.1) is 5.92 Å². The van der Waals surface area contributed by atoms with Gasteiger partial charge in [0.25, 0.3) is 0 Å². The molecule has 4 aromatic rings. The van der Waals surface area contributed by atoms with Crippen LogP contribution < -0.4 is 0 Å². The third kappa shape index (κ3) is 6.48. The van der Waals surface area contributed by atoms with E-state index in [0.29, 0.717) is 39.0 Å². The van der Waals surface area contributed by atoms with Gasteiger partial charge in [0, 0.05) is 42.1 Å². The van der Waals surface area contributed by atoms with Crippen molar-refractivity contribution in [2.45, 2.75) is 37.8 Å². The number of carbonyl (C=O) groups is 2. The molecule has 0 unspecified atom stereocenters. The number of aromatic nitrogens is 2. The van der Waals surface area contributed by atoms with Crippen molar-refractivity contribution >= 4 is 23.6 Å². The quantitative estimate of drug-likeness (QED) is 0.122. The fraction of sp³-hybridized carbons (Fsp3) is 0.303. The van der Waals surface area contributed by atoms with E-state index in [1.165, 1.54) is 0 Å². The van der Waals surface area contributed by atoms with E-state index in [-0.39, 0.29) is 17.8 Å². The third-order valence-electron chi connectivity index (χ3n) is 7.19. The molecule has 0 aliphatic carbocycles. The first-order valence-corrected chi connectivity index (χ1v) is 15.0. The summed E-state index contributed by atoms with van der Waals surface area (Å²) < 4.78 is 7.39. The van der Waals surface area contributed by atoms with E-state index in [1.807, 2.05) is 54.3 Å². The van der Waals surface area contributed by atoms with Crippen LogP contribution in [0.5, 0.6) is 0 Å². The van der Waals surface area contributed by atoms with E-state index in [2.05, 4.69) is 53.1 Å². The average Bonchev–Trinajstić information content (AvgIpc) is 3.40. The predicted octanol–water partition coefficient (Wildman–Crippen LogP) is 6.88. The fourth-order valence-corrected chi connectivity index (χ4v) is 6.10. The first kappa shape index (κ1) is 27.7. The van der Waals surface area contributed by atoms with E-state index >= 15 is 0 Å². The molecular weight excluding hydrogens is 518 g/mol. The zero-order valence-electron chi connectivity index (χ0n) is 22.9. The molecule has 0 radical (unpaired) electrons. The van der Waals surface area contributed by atoms with Crippen molar-refractivity contribution in [2.24, 2.45) is 5.92 Å². The predicted molar refractivity (Wildman–Crippen MR) is 160 cm³/mol. The van der Waals surface area contributed by atoms with Crippen LogP contribution in [0.25, 0.3) is 28.2 Å². The number of likely N-dealkylation sites (tertiary alicyclic amines) is 1. The highest BCUT2D eigenvalue weighted by Gasteiger charge is 2.28. The van der Waals surface area contributed by atoms with Gasteiger partial charge in [-0.05, 0) is 38.3 Å². The average molecular weight is 554 g/mol. The number of esters is 1. The van der Waals surface area contributed by atoms with Gasteiger partial charge in [0.1, 0.15) is 0 Å². The van der Waals surface area contributed by atoms with Crippen LogP contribution >= 0.6 is 11.8 Å². The second-order valence-corrected chi connectivity index (χ2v) is 10.9. The number of nitrogens with zero attached hydrogens (tertiary/aromatic N) is 3. The van der Waals surface area contributed by atoms with Crippen LogP contribution in [-0.4, -0.2) is 51.8 Å². The van der Waals surface area contributed by atoms with Crippen molar-refractivity contribution in [3.8, 4) is 28.2 Å². The van der Waals surface area contributed by atoms with Gasteiger partial charge in [0.15, 0.2) is 5.16 Å². The van der Waals surface area contributed by atoms with Gasteiger partial charge in [-0.2, -0.15) is 0 Å². The Morgan fingerprint density at radius 3 is 2.10 bits per heavy atom. The lowest BCUT2D eigenvalue weighted by molar-refractivity contribution is -0.151. The summed E-state index contributed by atoms with van der Waals surface area (Å²) in [5, 5.41) is 0.909. The largest absolute Gasteiger partial charge is 0.466 e. The number of amides is 1. The van der Waals surface area contributed by atoms with Crippen molar-refractivity contribution in [2.75, 3.05) is 25.4 Å². The molecule has 0 spiro atoms. The summed E-state index contributed by atoms with van der Waals surface area (Å²) >= 11 is 1.68. The fourth-order valence-electron chi connectivity index (χ4n) is 5.14. The van der Waals surface area contributed by atoms with Gasteiger partial charge in [-0.3, -0.25) is 14.2 Å². The topological polar surface area (TPSA) is 64.4 Å². The highest BCUT2D eigenvalue weighted by Crippen LogP contribution is 2.38. The maximum atomic E-state index is 12.9. The van der Waals surface area contributed by atoms with Crippen LogP contribution in [0.4, 0.5) is 0 Å². The summed E-state index contributed by atoms with van der Waals surface area (Å²) in [6, 6.07) is 31.0. The number of benzene rings is 3. The molecule has 1 amide bonds. The Morgan fingerprint density at radius 1 is 0.875 bits per heavy atom. The number of hydrogen-bond acceptors (Lipinski definition) is 5. The van der Waals surface area contributed by atoms with Crippen molar-refractivity contribution < 1.29 is 14.3 Å². The van der Waals surface area contributed by atoms with E-state index in [1.54, 1.807) is 11.8 Å². The van der Waals surface area contributed by atoms with Crippen molar-refractivity contribution in [1.29, 1.82) is 0 Å². The lowest BCUT2D eigenvalue weighted by Crippen LogP contribution is -2.40. The summed E-state index contributed by atoms with van der Waals surface area (Å²) in [5.74, 6) is 0.708. The summed E-state index contributed by atoms with van der Waals surface area (Å²) in [5.41, 5.74) is 5.23. The molecule has 7 heteroatoms. The first-order valence-electron chi connectivity index (χ1n) is 14.0. The summed E-state index contributed by atoms with van der Waals surface area (Å²) in [7, 11) is 0. The molecule has 40 heavy (non-hydrogen) atoms. The van der Waals surface area contributed by atoms with Gasteiger partial charge >= 0.3 is 5.97 Å². The number of para-hydroxylation sites is 1. The molecule has 0 bridgehead atoms. The smallest absolute Gasteiger partial charge is 0.309 e. The minimum Gasteiger partial charge on any atom is -0.466 e. The van der Waals surface area contributed by atoms with Crippen LogP contribution in [0.1, 0.15) is 32.6 Å². The van der Waals surface area contributed by atoms with Gasteiger partial charge in [-0.1, -0.05) is 90.6 Å². The maximum absolute atomic E-state index is 12.9. The zero-order chi connectivity index (χ0) is 27.7. The maximum Gasteiger partial charge on any atom is 0.309 e. The molecule has 2 heterocycles. The molecule has 1 aromatic heterocycles. The Hall–Kier alpha value is -3.84. The number of imidazole rings is 1. The Morgan fingerprint density at radius 2 is 1.48 bits per heavy atom. The Kier molecular flexibility index (Phi) is 9.34. The molecule has 1 fully saturated rings. The summed E-state index contributed by atoms with van der Waals surface area (Å²) in [6.45, 7) is 3.47. The van der Waals surface area contributed by atoms with Gasteiger partial charge in [-0.15, -0.1) is 0 Å². The monoisotopic (exact) mass is 553 g/mol. The molecule has 1 aliphatic rings. The number of ether oxygens (including phenoxy) is 1. The van der Waals surface area contributed by atoms with Crippen LogP contribution in [0.15, 0.2) is 96.2 Å². The van der Waals surface area contributed by atoms with Crippen LogP contribution in [0.3, 0.4) is 0 Å². The lowest BCUT2D eigenvalue weighted by atomic mass is 9.97. The zero-order valence-corrected chi connectivity index (χ0v) is 23.7. The summed E-state index contributed by atoms with van der Waals surface area (Å²) in [6.07, 6.45) is 2.60. The molecule has 1 aliphatic heterocycles. The minimum absolute atomic E-state index is 0.0889. The van der Waals surface area contributed by atoms with E-state index in [4.69, 9.17) is 9.72 Å². The molecule has 206 valence electrons. The number of hydrogen-bond donors (Lipinski definition) is 0. The molecule has 5 rings (SSSR count). The Bertz CT molecular complexity index is 1400. The number of thioether (sulfide) groups is 1. The molecule has 6 nitrogen and oxygen atoms in total. The normalized spacial score (nSPS) is 13.8.